The van der Waals surface area contributed by atoms with E-state index < -0.39 is 4.92 Å². The number of nitrogens with zero attached hydrogens (tertiary/aromatic N) is 4. The first-order chi connectivity index (χ1) is 10.1. The third-order valence-corrected chi connectivity index (χ3v) is 3.60. The van der Waals surface area contributed by atoms with Gasteiger partial charge >= 0.3 is 5.69 Å². The van der Waals surface area contributed by atoms with E-state index in [2.05, 4.69) is 15.3 Å². The fourth-order valence-corrected chi connectivity index (χ4v) is 2.41. The molecule has 0 atom stereocenters. The van der Waals surface area contributed by atoms with Crippen LogP contribution in [0.3, 0.4) is 0 Å². The molecule has 2 heterocycles. The predicted octanol–water partition coefficient (Wildman–Crippen LogP) is 1.82. The van der Waals surface area contributed by atoms with Crippen LogP contribution in [0.1, 0.15) is 26.2 Å². The smallest absolute Gasteiger partial charge is 0.353 e. The van der Waals surface area contributed by atoms with Crippen LogP contribution < -0.4 is 10.2 Å². The van der Waals surface area contributed by atoms with Crippen LogP contribution >= 0.6 is 0 Å². The summed E-state index contributed by atoms with van der Waals surface area (Å²) in [6, 6.07) is 0.200. The van der Waals surface area contributed by atoms with Crippen LogP contribution in [0.2, 0.25) is 0 Å². The third-order valence-electron chi connectivity index (χ3n) is 3.60. The summed E-state index contributed by atoms with van der Waals surface area (Å²) in [5, 5.41) is 14.4. The summed E-state index contributed by atoms with van der Waals surface area (Å²) >= 11 is 0. The third kappa shape index (κ3) is 3.57. The van der Waals surface area contributed by atoms with Gasteiger partial charge in [-0.2, -0.15) is 0 Å². The number of aromatic nitrogens is 2. The van der Waals surface area contributed by atoms with Crippen molar-refractivity contribution in [2.24, 2.45) is 0 Å². The molecule has 1 saturated heterocycles. The fraction of sp³-hybridized carbons (Fsp3) is 0.692. The Morgan fingerprint density at radius 2 is 2.19 bits per heavy atom. The second-order valence-electron chi connectivity index (χ2n) is 5.03. The van der Waals surface area contributed by atoms with Crippen LogP contribution in [0.25, 0.3) is 0 Å². The molecule has 116 valence electrons. The van der Waals surface area contributed by atoms with Gasteiger partial charge in [-0.25, -0.2) is 9.97 Å². The quantitative estimate of drug-likeness (QED) is 0.632. The maximum absolute atomic E-state index is 11.4. The van der Waals surface area contributed by atoms with Crippen molar-refractivity contribution < 1.29 is 9.66 Å². The van der Waals surface area contributed by atoms with Crippen LogP contribution in [0.4, 0.5) is 17.3 Å². The molecule has 1 N–H and O–H groups in total. The second kappa shape index (κ2) is 7.16. The molecule has 0 spiro atoms. The number of rotatable bonds is 6. The Kier molecular flexibility index (Phi) is 5.26. The molecular weight excluding hydrogens is 274 g/mol. The Labute approximate surface area is 123 Å². The van der Waals surface area contributed by atoms with Crippen LogP contribution in [-0.2, 0) is 4.74 Å². The Hall–Kier alpha value is -1.96. The standard InChI is InChI=1S/C13H21N5O3/c1-3-6-14-12-11(18(19)20)13(16-9-15-12)17(2)10-4-7-21-8-5-10/h9-10H,3-8H2,1-2H3,(H,14,15,16). The second-order valence-corrected chi connectivity index (χ2v) is 5.03. The minimum absolute atomic E-state index is 0.0556. The highest BCUT2D eigenvalue weighted by atomic mass is 16.6. The molecule has 0 radical (unpaired) electrons. The highest BCUT2D eigenvalue weighted by molar-refractivity contribution is 5.70. The molecule has 8 heteroatoms. The lowest BCUT2D eigenvalue weighted by Gasteiger charge is -2.31. The van der Waals surface area contributed by atoms with Gasteiger partial charge in [0.15, 0.2) is 0 Å². The lowest BCUT2D eigenvalue weighted by atomic mass is 10.1. The molecule has 2 rings (SSSR count). The largest absolute Gasteiger partial charge is 0.381 e. The number of anilines is 2. The first-order valence-corrected chi connectivity index (χ1v) is 7.19. The van der Waals surface area contributed by atoms with Crippen molar-refractivity contribution in [1.29, 1.82) is 0 Å². The minimum Gasteiger partial charge on any atom is -0.381 e. The topological polar surface area (TPSA) is 93.4 Å². The molecule has 0 saturated carbocycles. The van der Waals surface area contributed by atoms with Gasteiger partial charge in [-0.1, -0.05) is 6.92 Å². The average Bonchev–Trinajstić information content (AvgIpc) is 2.52. The summed E-state index contributed by atoms with van der Waals surface area (Å²) in [6.45, 7) is 3.98. The Balaban J connectivity index is 2.30. The van der Waals surface area contributed by atoms with Gasteiger partial charge in [-0.3, -0.25) is 10.1 Å². The summed E-state index contributed by atoms with van der Waals surface area (Å²) < 4.78 is 5.33. The molecule has 0 bridgehead atoms. The van der Waals surface area contributed by atoms with Crippen LogP contribution in [-0.4, -0.2) is 47.7 Å². The lowest BCUT2D eigenvalue weighted by Crippen LogP contribution is -2.37. The average molecular weight is 295 g/mol. The van der Waals surface area contributed by atoms with E-state index in [1.807, 2.05) is 18.9 Å². The lowest BCUT2D eigenvalue weighted by molar-refractivity contribution is -0.383. The van der Waals surface area contributed by atoms with E-state index >= 15 is 0 Å². The van der Waals surface area contributed by atoms with Gasteiger partial charge in [0.05, 0.1) is 4.92 Å². The van der Waals surface area contributed by atoms with Gasteiger partial charge in [-0.05, 0) is 19.3 Å². The fourth-order valence-electron chi connectivity index (χ4n) is 2.41. The van der Waals surface area contributed by atoms with Crippen molar-refractivity contribution in [2.75, 3.05) is 37.0 Å². The summed E-state index contributed by atoms with van der Waals surface area (Å²) in [5.74, 6) is 0.645. The number of hydrogen-bond donors (Lipinski definition) is 1. The van der Waals surface area contributed by atoms with Crippen molar-refractivity contribution in [3.05, 3.63) is 16.4 Å². The predicted molar refractivity (Wildman–Crippen MR) is 79.7 cm³/mol. The van der Waals surface area contributed by atoms with Crippen molar-refractivity contribution in [2.45, 2.75) is 32.2 Å². The molecule has 21 heavy (non-hydrogen) atoms. The molecule has 8 nitrogen and oxygen atoms in total. The SMILES string of the molecule is CCCNc1ncnc(N(C)C2CCOCC2)c1[N+](=O)[O-]. The van der Waals surface area contributed by atoms with Crippen LogP contribution in [0.5, 0.6) is 0 Å². The molecule has 1 aromatic heterocycles. The number of nitrogens with one attached hydrogen (secondary N) is 1. The molecule has 1 aliphatic heterocycles. The summed E-state index contributed by atoms with van der Waals surface area (Å²) in [5.41, 5.74) is -0.0556. The van der Waals surface area contributed by atoms with E-state index in [9.17, 15) is 10.1 Å². The number of hydrogen-bond acceptors (Lipinski definition) is 7. The van der Waals surface area contributed by atoms with Crippen molar-refractivity contribution in [3.8, 4) is 0 Å². The molecule has 1 aromatic rings. The summed E-state index contributed by atoms with van der Waals surface area (Å²) in [7, 11) is 1.84. The van der Waals surface area contributed by atoms with Crippen molar-refractivity contribution >= 4 is 17.3 Å². The zero-order valence-corrected chi connectivity index (χ0v) is 12.4. The molecular formula is C13H21N5O3. The molecule has 0 aromatic carbocycles. The van der Waals surface area contributed by atoms with E-state index in [-0.39, 0.29) is 17.5 Å². The Morgan fingerprint density at radius 1 is 1.48 bits per heavy atom. The summed E-state index contributed by atoms with van der Waals surface area (Å²) in [6.07, 6.45) is 3.92. The first kappa shape index (κ1) is 15.4. The Morgan fingerprint density at radius 3 is 2.81 bits per heavy atom. The normalized spacial score (nSPS) is 15.7. The minimum atomic E-state index is -0.414. The zero-order chi connectivity index (χ0) is 15.2. The number of nitro groups is 1. The van der Waals surface area contributed by atoms with E-state index in [0.717, 1.165) is 19.3 Å². The van der Waals surface area contributed by atoms with E-state index in [1.165, 1.54) is 6.33 Å². The van der Waals surface area contributed by atoms with Gasteiger partial charge in [0.25, 0.3) is 0 Å². The van der Waals surface area contributed by atoms with Crippen LogP contribution in [0.15, 0.2) is 6.33 Å². The highest BCUT2D eigenvalue weighted by Gasteiger charge is 2.29. The van der Waals surface area contributed by atoms with E-state index in [0.29, 0.717) is 25.6 Å². The molecule has 0 unspecified atom stereocenters. The van der Waals surface area contributed by atoms with E-state index in [4.69, 9.17) is 4.74 Å². The molecule has 0 aliphatic carbocycles. The molecule has 1 aliphatic rings. The van der Waals surface area contributed by atoms with Gasteiger partial charge in [0.2, 0.25) is 11.6 Å². The number of ether oxygens (including phenoxy) is 1. The zero-order valence-electron chi connectivity index (χ0n) is 12.4. The van der Waals surface area contributed by atoms with Gasteiger partial charge < -0.3 is 15.0 Å². The molecule has 0 amide bonds. The monoisotopic (exact) mass is 295 g/mol. The summed E-state index contributed by atoms with van der Waals surface area (Å²) in [4.78, 5) is 21.0. The highest BCUT2D eigenvalue weighted by Crippen LogP contribution is 2.33. The van der Waals surface area contributed by atoms with Gasteiger partial charge in [-0.15, -0.1) is 0 Å². The van der Waals surface area contributed by atoms with Crippen LogP contribution in [0, 0.1) is 10.1 Å². The Bertz CT molecular complexity index is 491. The van der Waals surface area contributed by atoms with E-state index in [1.54, 1.807) is 0 Å². The van der Waals surface area contributed by atoms with Gasteiger partial charge in [0.1, 0.15) is 6.33 Å². The maximum atomic E-state index is 11.4. The first-order valence-electron chi connectivity index (χ1n) is 7.19. The van der Waals surface area contributed by atoms with Crippen molar-refractivity contribution in [1.82, 2.24) is 9.97 Å². The maximum Gasteiger partial charge on any atom is 0.353 e. The molecule has 1 fully saturated rings. The van der Waals surface area contributed by atoms with Gasteiger partial charge in [0, 0.05) is 32.8 Å². The van der Waals surface area contributed by atoms with Crippen molar-refractivity contribution in [3.63, 3.8) is 0 Å².